The molecular weight excluding hydrogens is 426 g/mol. The van der Waals surface area contributed by atoms with Crippen LogP contribution < -0.4 is 10.6 Å². The second kappa shape index (κ2) is 9.16. The summed E-state index contributed by atoms with van der Waals surface area (Å²) in [5.41, 5.74) is 1.87. The minimum Gasteiger partial charge on any atom is -0.346 e. The lowest BCUT2D eigenvalue weighted by atomic mass is 10.2. The van der Waals surface area contributed by atoms with Crippen LogP contribution in [0.15, 0.2) is 47.4 Å². The smallest absolute Gasteiger partial charge is 0.313 e. The van der Waals surface area contributed by atoms with Crippen molar-refractivity contribution >= 4 is 39.1 Å². The van der Waals surface area contributed by atoms with Gasteiger partial charge < -0.3 is 10.6 Å². The van der Waals surface area contributed by atoms with Crippen LogP contribution in [0.25, 0.3) is 0 Å². The molecule has 0 spiro atoms. The van der Waals surface area contributed by atoms with Gasteiger partial charge in [0.2, 0.25) is 10.0 Å². The summed E-state index contributed by atoms with van der Waals surface area (Å²) in [4.78, 5) is 24.6. The standard InChI is InChI=1S/C21H24ClN3O4S/c1-14-9-10-15(2)19(12-14)30(28,29)25-11-5-6-16(25)13-23-20(26)21(27)24-18-8-4-3-7-17(18)22/h3-4,7-10,12,16H,5-6,11,13H2,1-2H3,(H,23,26)(H,24,27)/t16-/m1/s1. The molecule has 7 nitrogen and oxygen atoms in total. The number of hydrogen-bond donors (Lipinski definition) is 2. The highest BCUT2D eigenvalue weighted by molar-refractivity contribution is 7.89. The van der Waals surface area contributed by atoms with E-state index in [1.807, 2.05) is 13.0 Å². The molecule has 160 valence electrons. The molecule has 1 atom stereocenters. The lowest BCUT2D eigenvalue weighted by molar-refractivity contribution is -0.136. The molecule has 30 heavy (non-hydrogen) atoms. The number of hydrogen-bond acceptors (Lipinski definition) is 4. The summed E-state index contributed by atoms with van der Waals surface area (Å²) in [5, 5.41) is 5.31. The van der Waals surface area contributed by atoms with Gasteiger partial charge in [-0.25, -0.2) is 8.42 Å². The molecule has 2 aromatic rings. The van der Waals surface area contributed by atoms with Crippen LogP contribution in [-0.4, -0.2) is 43.7 Å². The number of carbonyl (C=O) groups excluding carboxylic acids is 2. The quantitative estimate of drug-likeness (QED) is 0.686. The maximum Gasteiger partial charge on any atom is 0.313 e. The van der Waals surface area contributed by atoms with Gasteiger partial charge in [0.1, 0.15) is 0 Å². The fourth-order valence-electron chi connectivity index (χ4n) is 3.47. The van der Waals surface area contributed by atoms with Crippen molar-refractivity contribution < 1.29 is 18.0 Å². The van der Waals surface area contributed by atoms with E-state index in [0.29, 0.717) is 35.7 Å². The number of para-hydroxylation sites is 1. The Kier molecular flexibility index (Phi) is 6.80. The van der Waals surface area contributed by atoms with Crippen LogP contribution in [0.2, 0.25) is 5.02 Å². The summed E-state index contributed by atoms with van der Waals surface area (Å²) >= 11 is 5.99. The van der Waals surface area contributed by atoms with Crippen LogP contribution in [0.1, 0.15) is 24.0 Å². The molecule has 0 aliphatic carbocycles. The number of nitrogens with one attached hydrogen (secondary N) is 2. The highest BCUT2D eigenvalue weighted by atomic mass is 35.5. The van der Waals surface area contributed by atoms with Crippen LogP contribution in [-0.2, 0) is 19.6 Å². The largest absolute Gasteiger partial charge is 0.346 e. The Bertz CT molecular complexity index is 1070. The van der Waals surface area contributed by atoms with Crippen molar-refractivity contribution in [3.63, 3.8) is 0 Å². The summed E-state index contributed by atoms with van der Waals surface area (Å²) in [5.74, 6) is -1.70. The van der Waals surface area contributed by atoms with Crippen molar-refractivity contribution in [1.29, 1.82) is 0 Å². The number of halogens is 1. The molecule has 2 aromatic carbocycles. The maximum absolute atomic E-state index is 13.2. The van der Waals surface area contributed by atoms with Gasteiger partial charge in [-0.05, 0) is 56.0 Å². The van der Waals surface area contributed by atoms with Crippen LogP contribution in [0, 0.1) is 13.8 Å². The van der Waals surface area contributed by atoms with E-state index in [2.05, 4.69) is 10.6 Å². The third-order valence-corrected chi connectivity index (χ3v) is 7.50. The number of sulfonamides is 1. The van der Waals surface area contributed by atoms with Gasteiger partial charge in [0, 0.05) is 19.1 Å². The third-order valence-electron chi connectivity index (χ3n) is 5.08. The van der Waals surface area contributed by atoms with Crippen molar-refractivity contribution in [3.8, 4) is 0 Å². The molecule has 1 fully saturated rings. The topological polar surface area (TPSA) is 95.6 Å². The van der Waals surface area contributed by atoms with Crippen LogP contribution in [0.3, 0.4) is 0 Å². The lowest BCUT2D eigenvalue weighted by Gasteiger charge is -2.25. The summed E-state index contributed by atoms with van der Waals surface area (Å²) in [6.07, 6.45) is 1.30. The maximum atomic E-state index is 13.2. The molecule has 0 aromatic heterocycles. The molecular formula is C21H24ClN3O4S. The molecule has 1 aliphatic heterocycles. The number of amides is 2. The van der Waals surface area contributed by atoms with Crippen molar-refractivity contribution in [1.82, 2.24) is 9.62 Å². The van der Waals surface area contributed by atoms with Gasteiger partial charge in [0.15, 0.2) is 0 Å². The first kappa shape index (κ1) is 22.3. The first-order chi connectivity index (χ1) is 14.2. The summed E-state index contributed by atoms with van der Waals surface area (Å²) in [7, 11) is -3.70. The van der Waals surface area contributed by atoms with Gasteiger partial charge in [0.05, 0.1) is 15.6 Å². The zero-order valence-electron chi connectivity index (χ0n) is 16.8. The highest BCUT2D eigenvalue weighted by Gasteiger charge is 2.36. The van der Waals surface area contributed by atoms with Gasteiger partial charge in [-0.1, -0.05) is 35.9 Å². The number of benzene rings is 2. The lowest BCUT2D eigenvalue weighted by Crippen LogP contribution is -2.45. The summed E-state index contributed by atoms with van der Waals surface area (Å²) in [6, 6.07) is 11.5. The van der Waals surface area contributed by atoms with Crippen LogP contribution in [0.4, 0.5) is 5.69 Å². The number of anilines is 1. The predicted molar refractivity (Wildman–Crippen MR) is 116 cm³/mol. The fraction of sp³-hybridized carbons (Fsp3) is 0.333. The molecule has 1 saturated heterocycles. The first-order valence-electron chi connectivity index (χ1n) is 9.63. The molecule has 0 unspecified atom stereocenters. The van der Waals surface area contributed by atoms with E-state index >= 15 is 0 Å². The second-order valence-electron chi connectivity index (χ2n) is 7.32. The Labute approximate surface area is 181 Å². The number of carbonyl (C=O) groups is 2. The minimum atomic E-state index is -3.70. The molecule has 0 saturated carbocycles. The second-order valence-corrected chi connectivity index (χ2v) is 9.59. The number of nitrogens with zero attached hydrogens (tertiary/aromatic N) is 1. The Morgan fingerprint density at radius 3 is 2.60 bits per heavy atom. The Hall–Kier alpha value is -2.42. The van der Waals surface area contributed by atoms with E-state index in [1.165, 1.54) is 4.31 Å². The zero-order valence-corrected chi connectivity index (χ0v) is 18.4. The van der Waals surface area contributed by atoms with Gasteiger partial charge in [-0.3, -0.25) is 9.59 Å². The molecule has 0 radical (unpaired) electrons. The third kappa shape index (κ3) is 4.83. The molecule has 1 heterocycles. The van der Waals surface area contributed by atoms with Gasteiger partial charge in [-0.2, -0.15) is 4.31 Å². The molecule has 2 N–H and O–H groups in total. The van der Waals surface area contributed by atoms with Crippen molar-refractivity contribution in [2.24, 2.45) is 0 Å². The molecule has 1 aliphatic rings. The summed E-state index contributed by atoms with van der Waals surface area (Å²) in [6.45, 7) is 4.04. The van der Waals surface area contributed by atoms with E-state index in [-0.39, 0.29) is 11.4 Å². The first-order valence-corrected chi connectivity index (χ1v) is 11.4. The zero-order chi connectivity index (χ0) is 21.9. The minimum absolute atomic E-state index is 0.0544. The van der Waals surface area contributed by atoms with Crippen molar-refractivity contribution in [2.75, 3.05) is 18.4 Å². The Balaban J connectivity index is 1.66. The molecule has 2 amide bonds. The average Bonchev–Trinajstić information content (AvgIpc) is 3.19. The van der Waals surface area contributed by atoms with Crippen molar-refractivity contribution in [2.45, 2.75) is 37.6 Å². The number of rotatable bonds is 5. The van der Waals surface area contributed by atoms with Crippen molar-refractivity contribution in [3.05, 3.63) is 58.6 Å². The average molecular weight is 450 g/mol. The van der Waals surface area contributed by atoms with E-state index in [9.17, 15) is 18.0 Å². The molecule has 3 rings (SSSR count). The summed E-state index contributed by atoms with van der Waals surface area (Å²) < 4.78 is 27.8. The van der Waals surface area contributed by atoms with E-state index in [0.717, 1.165) is 5.56 Å². The SMILES string of the molecule is Cc1ccc(C)c(S(=O)(=O)N2CCC[C@@H]2CNC(=O)C(=O)Nc2ccccc2Cl)c1. The predicted octanol–water partition coefficient (Wildman–Crippen LogP) is 2.86. The van der Waals surface area contributed by atoms with Gasteiger partial charge >= 0.3 is 11.8 Å². The van der Waals surface area contributed by atoms with E-state index in [4.69, 9.17) is 11.6 Å². The van der Waals surface area contributed by atoms with Gasteiger partial charge in [0.25, 0.3) is 0 Å². The monoisotopic (exact) mass is 449 g/mol. The van der Waals surface area contributed by atoms with E-state index in [1.54, 1.807) is 43.3 Å². The molecule has 9 heteroatoms. The fourth-order valence-corrected chi connectivity index (χ4v) is 5.66. The van der Waals surface area contributed by atoms with Crippen LogP contribution >= 0.6 is 11.6 Å². The number of aryl methyl sites for hydroxylation is 2. The Morgan fingerprint density at radius 2 is 1.87 bits per heavy atom. The highest BCUT2D eigenvalue weighted by Crippen LogP contribution is 2.28. The van der Waals surface area contributed by atoms with Gasteiger partial charge in [-0.15, -0.1) is 0 Å². The molecule has 0 bridgehead atoms. The van der Waals surface area contributed by atoms with E-state index < -0.39 is 27.9 Å². The Morgan fingerprint density at radius 1 is 1.13 bits per heavy atom. The normalized spacial score (nSPS) is 17.0. The van der Waals surface area contributed by atoms with Crippen LogP contribution in [0.5, 0.6) is 0 Å².